The molecule has 19 heavy (non-hydrogen) atoms. The van der Waals surface area contributed by atoms with Crippen molar-refractivity contribution >= 4 is 5.78 Å². The van der Waals surface area contributed by atoms with Crippen molar-refractivity contribution in [2.75, 3.05) is 13.7 Å². The molecule has 1 aliphatic rings. The lowest BCUT2D eigenvalue weighted by molar-refractivity contribution is 0.0960. The predicted octanol–water partition coefficient (Wildman–Crippen LogP) is 3.03. The number of benzene rings is 1. The van der Waals surface area contributed by atoms with E-state index >= 15 is 0 Å². The standard InChI is InChI=1S/C16H23NO2/c1-11-8-12(2)16(19-3)14(9-11)15(18)10-13-6-4-5-7-17-13/h8-9,13,17H,4-7,10H2,1-3H3. The highest BCUT2D eigenvalue weighted by molar-refractivity contribution is 5.99. The van der Waals surface area contributed by atoms with Gasteiger partial charge in [-0.15, -0.1) is 0 Å². The van der Waals surface area contributed by atoms with Crippen molar-refractivity contribution < 1.29 is 9.53 Å². The van der Waals surface area contributed by atoms with Crippen LogP contribution in [0.2, 0.25) is 0 Å². The molecule has 0 amide bonds. The summed E-state index contributed by atoms with van der Waals surface area (Å²) >= 11 is 0. The van der Waals surface area contributed by atoms with Crippen molar-refractivity contribution in [3.63, 3.8) is 0 Å². The molecule has 1 saturated heterocycles. The first-order valence-electron chi connectivity index (χ1n) is 7.03. The summed E-state index contributed by atoms with van der Waals surface area (Å²) in [6.07, 6.45) is 4.10. The van der Waals surface area contributed by atoms with Crippen LogP contribution in [0.5, 0.6) is 5.75 Å². The van der Waals surface area contributed by atoms with E-state index in [2.05, 4.69) is 11.4 Å². The number of piperidine rings is 1. The number of ether oxygens (including phenoxy) is 1. The average molecular weight is 261 g/mol. The first kappa shape index (κ1) is 14.1. The quantitative estimate of drug-likeness (QED) is 0.847. The Balaban J connectivity index is 2.17. The summed E-state index contributed by atoms with van der Waals surface area (Å²) in [5.74, 6) is 0.912. The first-order chi connectivity index (χ1) is 9.11. The molecule has 1 aromatic rings. The van der Waals surface area contributed by atoms with Crippen LogP contribution in [-0.2, 0) is 0 Å². The molecule has 1 heterocycles. The smallest absolute Gasteiger partial charge is 0.168 e. The van der Waals surface area contributed by atoms with Crippen molar-refractivity contribution in [3.8, 4) is 5.75 Å². The molecule has 1 aliphatic heterocycles. The Kier molecular flexibility index (Phi) is 4.59. The highest BCUT2D eigenvalue weighted by Gasteiger charge is 2.20. The van der Waals surface area contributed by atoms with Crippen molar-refractivity contribution in [3.05, 3.63) is 28.8 Å². The Hall–Kier alpha value is -1.35. The molecule has 104 valence electrons. The monoisotopic (exact) mass is 261 g/mol. The van der Waals surface area contributed by atoms with Gasteiger partial charge in [0.1, 0.15) is 5.75 Å². The summed E-state index contributed by atoms with van der Waals surface area (Å²) in [5, 5.41) is 3.42. The molecular formula is C16H23NO2. The Morgan fingerprint density at radius 2 is 2.16 bits per heavy atom. The van der Waals surface area contributed by atoms with Gasteiger partial charge in [0.2, 0.25) is 0 Å². The summed E-state index contributed by atoms with van der Waals surface area (Å²) in [5.41, 5.74) is 2.87. The second-order valence-electron chi connectivity index (χ2n) is 5.44. The molecule has 0 spiro atoms. The van der Waals surface area contributed by atoms with Crippen LogP contribution in [0.3, 0.4) is 0 Å². The lowest BCUT2D eigenvalue weighted by Crippen LogP contribution is -2.35. The minimum atomic E-state index is 0.183. The number of carbonyl (C=O) groups is 1. The van der Waals surface area contributed by atoms with Gasteiger partial charge in [-0.05, 0) is 50.4 Å². The Morgan fingerprint density at radius 3 is 2.79 bits per heavy atom. The fourth-order valence-electron chi connectivity index (χ4n) is 2.86. The molecule has 3 heteroatoms. The maximum atomic E-state index is 12.5. The zero-order valence-corrected chi connectivity index (χ0v) is 12.1. The molecule has 0 aromatic heterocycles. The van der Waals surface area contributed by atoms with Gasteiger partial charge < -0.3 is 10.1 Å². The van der Waals surface area contributed by atoms with Gasteiger partial charge >= 0.3 is 0 Å². The molecule has 1 unspecified atom stereocenters. The Bertz CT molecular complexity index is 462. The van der Waals surface area contributed by atoms with Crippen LogP contribution in [0, 0.1) is 13.8 Å². The number of hydrogen-bond acceptors (Lipinski definition) is 3. The number of methoxy groups -OCH3 is 1. The van der Waals surface area contributed by atoms with Gasteiger partial charge in [-0.1, -0.05) is 12.5 Å². The van der Waals surface area contributed by atoms with Crippen LogP contribution >= 0.6 is 0 Å². The Labute approximate surface area is 115 Å². The van der Waals surface area contributed by atoms with Crippen molar-refractivity contribution in [2.24, 2.45) is 0 Å². The molecule has 2 rings (SSSR count). The van der Waals surface area contributed by atoms with Gasteiger partial charge in [0.15, 0.2) is 5.78 Å². The third kappa shape index (κ3) is 3.35. The SMILES string of the molecule is COc1c(C)cc(C)cc1C(=O)CC1CCCCN1. The van der Waals surface area contributed by atoms with Crippen LogP contribution in [0.25, 0.3) is 0 Å². The second-order valence-corrected chi connectivity index (χ2v) is 5.44. The van der Waals surface area contributed by atoms with Gasteiger partial charge in [-0.3, -0.25) is 4.79 Å². The van der Waals surface area contributed by atoms with E-state index in [4.69, 9.17) is 4.74 Å². The minimum Gasteiger partial charge on any atom is -0.496 e. The van der Waals surface area contributed by atoms with Crippen LogP contribution in [0.15, 0.2) is 12.1 Å². The van der Waals surface area contributed by atoms with E-state index in [1.54, 1.807) is 7.11 Å². The maximum absolute atomic E-state index is 12.5. The van der Waals surface area contributed by atoms with E-state index in [0.29, 0.717) is 12.5 Å². The maximum Gasteiger partial charge on any atom is 0.168 e. The zero-order valence-electron chi connectivity index (χ0n) is 12.1. The molecule has 1 aromatic carbocycles. The predicted molar refractivity (Wildman–Crippen MR) is 77.1 cm³/mol. The summed E-state index contributed by atoms with van der Waals surface area (Å²) in [4.78, 5) is 12.5. The van der Waals surface area contributed by atoms with E-state index in [-0.39, 0.29) is 5.78 Å². The van der Waals surface area contributed by atoms with Crippen LogP contribution < -0.4 is 10.1 Å². The molecule has 1 N–H and O–H groups in total. The molecule has 0 radical (unpaired) electrons. The van der Waals surface area contributed by atoms with Gasteiger partial charge in [-0.2, -0.15) is 0 Å². The van der Waals surface area contributed by atoms with E-state index in [0.717, 1.165) is 35.4 Å². The van der Waals surface area contributed by atoms with Crippen LogP contribution in [0.4, 0.5) is 0 Å². The number of Topliss-reactive ketones (excluding diaryl/α,β-unsaturated/α-hetero) is 1. The van der Waals surface area contributed by atoms with Gasteiger partial charge in [-0.25, -0.2) is 0 Å². The zero-order chi connectivity index (χ0) is 13.8. The number of rotatable bonds is 4. The molecule has 0 bridgehead atoms. The van der Waals surface area contributed by atoms with E-state index in [1.807, 2.05) is 19.9 Å². The fourth-order valence-corrected chi connectivity index (χ4v) is 2.86. The van der Waals surface area contributed by atoms with Crippen LogP contribution in [0.1, 0.15) is 47.2 Å². The minimum absolute atomic E-state index is 0.183. The van der Waals surface area contributed by atoms with E-state index in [9.17, 15) is 4.79 Å². The number of ketones is 1. The van der Waals surface area contributed by atoms with Crippen molar-refractivity contribution in [2.45, 2.75) is 45.6 Å². The largest absolute Gasteiger partial charge is 0.496 e. The van der Waals surface area contributed by atoms with Crippen LogP contribution in [-0.4, -0.2) is 25.5 Å². The molecular weight excluding hydrogens is 238 g/mol. The Morgan fingerprint density at radius 1 is 1.37 bits per heavy atom. The molecule has 1 atom stereocenters. The number of aryl methyl sites for hydroxylation is 2. The van der Waals surface area contributed by atoms with Gasteiger partial charge in [0.25, 0.3) is 0 Å². The topological polar surface area (TPSA) is 38.3 Å². The first-order valence-corrected chi connectivity index (χ1v) is 7.03. The molecule has 0 aliphatic carbocycles. The van der Waals surface area contributed by atoms with Crippen molar-refractivity contribution in [1.29, 1.82) is 0 Å². The second kappa shape index (κ2) is 6.20. The lowest BCUT2D eigenvalue weighted by atomic mass is 9.94. The average Bonchev–Trinajstić information content (AvgIpc) is 2.39. The normalized spacial score (nSPS) is 19.2. The van der Waals surface area contributed by atoms with Gasteiger partial charge in [0.05, 0.1) is 12.7 Å². The van der Waals surface area contributed by atoms with Crippen molar-refractivity contribution in [1.82, 2.24) is 5.32 Å². The number of carbonyl (C=O) groups excluding carboxylic acids is 1. The highest BCUT2D eigenvalue weighted by atomic mass is 16.5. The summed E-state index contributed by atoms with van der Waals surface area (Å²) in [6.45, 7) is 5.03. The number of nitrogens with one attached hydrogen (secondary N) is 1. The molecule has 3 nitrogen and oxygen atoms in total. The van der Waals surface area contributed by atoms with Gasteiger partial charge in [0, 0.05) is 12.5 Å². The van der Waals surface area contributed by atoms with E-state index < -0.39 is 0 Å². The summed E-state index contributed by atoms with van der Waals surface area (Å²) in [6, 6.07) is 4.32. The molecule has 1 fully saturated rings. The number of hydrogen-bond donors (Lipinski definition) is 1. The highest BCUT2D eigenvalue weighted by Crippen LogP contribution is 2.27. The lowest BCUT2D eigenvalue weighted by Gasteiger charge is -2.23. The summed E-state index contributed by atoms with van der Waals surface area (Å²) < 4.78 is 5.40. The molecule has 0 saturated carbocycles. The summed E-state index contributed by atoms with van der Waals surface area (Å²) in [7, 11) is 1.63. The third-order valence-electron chi connectivity index (χ3n) is 3.77. The fraction of sp³-hybridized carbons (Fsp3) is 0.562. The van der Waals surface area contributed by atoms with E-state index in [1.165, 1.54) is 12.8 Å². The third-order valence-corrected chi connectivity index (χ3v) is 3.77.